The topological polar surface area (TPSA) is 60.5 Å². The molecular weight excluding hydrogens is 158 g/mol. The standard InChI is InChI=1S/C7H3N3S/c1-5-4-10-7(11-5)6(2-8)3-9/h4H,1H2. The number of nitrogens with zero attached hydrogens (tertiary/aromatic N) is 3. The highest BCUT2D eigenvalue weighted by atomic mass is 32.1. The second-order valence-electron chi connectivity index (χ2n) is 1.73. The van der Waals surface area contributed by atoms with Gasteiger partial charge in [-0.25, -0.2) is 4.98 Å². The molecule has 0 aliphatic carbocycles. The van der Waals surface area contributed by atoms with Gasteiger partial charge in [-0.3, -0.25) is 0 Å². The Morgan fingerprint density at radius 3 is 2.55 bits per heavy atom. The summed E-state index contributed by atoms with van der Waals surface area (Å²) in [6.07, 6.45) is 1.54. The fourth-order valence-corrected chi connectivity index (χ4v) is 1.20. The Labute approximate surface area is 67.2 Å². The molecule has 0 atom stereocenters. The van der Waals surface area contributed by atoms with E-state index in [0.29, 0.717) is 4.66 Å². The van der Waals surface area contributed by atoms with E-state index in [4.69, 9.17) is 10.5 Å². The molecule has 1 aromatic rings. The fourth-order valence-electron chi connectivity index (χ4n) is 0.544. The fraction of sp³-hybridized carbons (Fsp3) is 0. The SMILES string of the molecule is C=c1cnc(=C(C#N)C#N)s1. The molecule has 0 aromatic carbocycles. The summed E-state index contributed by atoms with van der Waals surface area (Å²) >= 11 is 1.24. The van der Waals surface area contributed by atoms with Crippen LogP contribution in [0.25, 0.3) is 12.2 Å². The average Bonchev–Trinajstić information content (AvgIpc) is 2.39. The molecule has 0 aliphatic heterocycles. The molecular formula is C7H3N3S. The summed E-state index contributed by atoms with van der Waals surface area (Å²) in [5, 5.41) is 16.9. The van der Waals surface area contributed by atoms with Gasteiger partial charge in [0.15, 0.2) is 5.57 Å². The Kier molecular flexibility index (Phi) is 2.00. The van der Waals surface area contributed by atoms with Crippen molar-refractivity contribution in [1.29, 1.82) is 10.5 Å². The first-order valence-corrected chi connectivity index (χ1v) is 3.55. The van der Waals surface area contributed by atoms with E-state index in [0.717, 1.165) is 4.53 Å². The molecule has 0 unspecified atom stereocenters. The van der Waals surface area contributed by atoms with Crippen LogP contribution in [0.3, 0.4) is 0 Å². The van der Waals surface area contributed by atoms with Gasteiger partial charge < -0.3 is 0 Å². The molecule has 4 heteroatoms. The lowest BCUT2D eigenvalue weighted by Gasteiger charge is -1.71. The molecule has 0 fully saturated rings. The minimum atomic E-state index is 0.0462. The van der Waals surface area contributed by atoms with Crippen LogP contribution < -0.4 is 9.20 Å². The van der Waals surface area contributed by atoms with Gasteiger partial charge in [-0.05, 0) is 0 Å². The molecule has 0 amide bonds. The molecule has 11 heavy (non-hydrogen) atoms. The van der Waals surface area contributed by atoms with Crippen molar-refractivity contribution in [3.05, 3.63) is 15.4 Å². The minimum absolute atomic E-state index is 0.0462. The number of aromatic nitrogens is 1. The zero-order valence-electron chi connectivity index (χ0n) is 5.53. The van der Waals surface area contributed by atoms with Crippen LogP contribution in [0.2, 0.25) is 0 Å². The Bertz CT molecular complexity index is 427. The quantitative estimate of drug-likeness (QED) is 0.527. The largest absolute Gasteiger partial charge is 0.242 e. The molecule has 0 saturated heterocycles. The molecule has 0 spiro atoms. The number of thiazole rings is 1. The summed E-state index contributed by atoms with van der Waals surface area (Å²) in [4.78, 5) is 3.83. The highest BCUT2D eigenvalue weighted by Gasteiger charge is 1.95. The third-order valence-electron chi connectivity index (χ3n) is 0.991. The Morgan fingerprint density at radius 2 is 2.18 bits per heavy atom. The second-order valence-corrected chi connectivity index (χ2v) is 2.85. The highest BCUT2D eigenvalue weighted by molar-refractivity contribution is 7.07. The summed E-state index contributed by atoms with van der Waals surface area (Å²) in [6.45, 7) is 3.62. The normalized spacial score (nSPS) is 8.18. The summed E-state index contributed by atoms with van der Waals surface area (Å²) in [6, 6.07) is 3.51. The average molecular weight is 161 g/mol. The molecule has 1 aromatic heterocycles. The van der Waals surface area contributed by atoms with Crippen LogP contribution in [-0.2, 0) is 0 Å². The summed E-state index contributed by atoms with van der Waals surface area (Å²) in [5.74, 6) is 0. The maximum atomic E-state index is 8.43. The van der Waals surface area contributed by atoms with Gasteiger partial charge in [-0.15, -0.1) is 11.3 Å². The van der Waals surface area contributed by atoms with Crippen LogP contribution >= 0.6 is 11.3 Å². The van der Waals surface area contributed by atoms with E-state index in [-0.39, 0.29) is 5.57 Å². The molecule has 0 aliphatic rings. The third kappa shape index (κ3) is 1.43. The zero-order valence-corrected chi connectivity index (χ0v) is 6.35. The van der Waals surface area contributed by atoms with Gasteiger partial charge in [0, 0.05) is 10.7 Å². The van der Waals surface area contributed by atoms with Gasteiger partial charge in [0.25, 0.3) is 0 Å². The highest BCUT2D eigenvalue weighted by Crippen LogP contribution is 1.85. The lowest BCUT2D eigenvalue weighted by molar-refractivity contribution is 1.34. The van der Waals surface area contributed by atoms with Crippen LogP contribution in [0.5, 0.6) is 0 Å². The van der Waals surface area contributed by atoms with Crippen LogP contribution in [0.15, 0.2) is 6.20 Å². The number of hydrogen-bond donors (Lipinski definition) is 0. The number of rotatable bonds is 0. The zero-order chi connectivity index (χ0) is 8.27. The smallest absolute Gasteiger partial charge is 0.165 e. The lowest BCUT2D eigenvalue weighted by Crippen LogP contribution is -2.00. The predicted molar refractivity (Wildman–Crippen MR) is 41.5 cm³/mol. The summed E-state index contributed by atoms with van der Waals surface area (Å²) in [7, 11) is 0. The van der Waals surface area contributed by atoms with Gasteiger partial charge in [0.05, 0.1) is 0 Å². The van der Waals surface area contributed by atoms with Crippen LogP contribution in [0, 0.1) is 22.7 Å². The van der Waals surface area contributed by atoms with E-state index in [2.05, 4.69) is 11.6 Å². The van der Waals surface area contributed by atoms with Gasteiger partial charge in [-0.2, -0.15) is 10.5 Å². The Hall–Kier alpha value is -1.65. The Morgan fingerprint density at radius 1 is 1.55 bits per heavy atom. The van der Waals surface area contributed by atoms with Gasteiger partial charge in [0.1, 0.15) is 16.8 Å². The molecule has 3 nitrogen and oxygen atoms in total. The predicted octanol–water partition coefficient (Wildman–Crippen LogP) is -0.249. The van der Waals surface area contributed by atoms with Crippen molar-refractivity contribution in [2.45, 2.75) is 0 Å². The molecule has 1 heterocycles. The van der Waals surface area contributed by atoms with E-state index in [1.165, 1.54) is 17.5 Å². The molecule has 0 N–H and O–H groups in total. The molecule has 0 saturated carbocycles. The first-order chi connectivity index (χ1) is 5.27. The summed E-state index contributed by atoms with van der Waals surface area (Å²) in [5.41, 5.74) is 0.0462. The first-order valence-electron chi connectivity index (χ1n) is 2.73. The van der Waals surface area contributed by atoms with Crippen LogP contribution in [-0.4, -0.2) is 4.98 Å². The Balaban J connectivity index is 3.54. The van der Waals surface area contributed by atoms with Gasteiger partial charge in [-0.1, -0.05) is 6.58 Å². The number of nitriles is 2. The van der Waals surface area contributed by atoms with E-state index in [9.17, 15) is 0 Å². The van der Waals surface area contributed by atoms with Crippen molar-refractivity contribution in [3.8, 4) is 12.1 Å². The third-order valence-corrected chi connectivity index (χ3v) is 1.86. The van der Waals surface area contributed by atoms with Crippen LogP contribution in [0.4, 0.5) is 0 Å². The monoisotopic (exact) mass is 161 g/mol. The van der Waals surface area contributed by atoms with Crippen LogP contribution in [0.1, 0.15) is 0 Å². The van der Waals surface area contributed by atoms with E-state index in [1.807, 2.05) is 0 Å². The summed E-state index contributed by atoms with van der Waals surface area (Å²) < 4.78 is 1.20. The first kappa shape index (κ1) is 7.46. The van der Waals surface area contributed by atoms with Crippen molar-refractivity contribution < 1.29 is 0 Å². The molecule has 0 bridgehead atoms. The number of hydrogen-bond acceptors (Lipinski definition) is 4. The van der Waals surface area contributed by atoms with Crippen molar-refractivity contribution in [2.24, 2.45) is 0 Å². The van der Waals surface area contributed by atoms with E-state index in [1.54, 1.807) is 12.1 Å². The molecule has 0 radical (unpaired) electrons. The molecule has 52 valence electrons. The maximum Gasteiger partial charge on any atom is 0.165 e. The van der Waals surface area contributed by atoms with E-state index < -0.39 is 0 Å². The second kappa shape index (κ2) is 2.96. The minimum Gasteiger partial charge on any atom is -0.242 e. The van der Waals surface area contributed by atoms with Crippen molar-refractivity contribution in [1.82, 2.24) is 4.98 Å². The van der Waals surface area contributed by atoms with Crippen molar-refractivity contribution in [3.63, 3.8) is 0 Å². The van der Waals surface area contributed by atoms with Gasteiger partial charge >= 0.3 is 0 Å². The van der Waals surface area contributed by atoms with Crippen molar-refractivity contribution >= 4 is 23.5 Å². The molecule has 1 rings (SSSR count). The van der Waals surface area contributed by atoms with Gasteiger partial charge in [0.2, 0.25) is 0 Å². The lowest BCUT2D eigenvalue weighted by atomic mass is 10.4. The van der Waals surface area contributed by atoms with Crippen molar-refractivity contribution in [2.75, 3.05) is 0 Å². The van der Waals surface area contributed by atoms with E-state index >= 15 is 0 Å². The maximum absolute atomic E-state index is 8.43.